The molecule has 1 aromatic carbocycles. The third kappa shape index (κ3) is 5.86. The Balaban J connectivity index is 2.65. The fourth-order valence-corrected chi connectivity index (χ4v) is 5.09. The van der Waals surface area contributed by atoms with Gasteiger partial charge in [-0.15, -0.1) is 0 Å². The molecule has 2 atom stereocenters. The maximum Gasteiger partial charge on any atom is 0.315 e. The van der Waals surface area contributed by atoms with Gasteiger partial charge in [-0.05, 0) is 40.2 Å². The quantitative estimate of drug-likeness (QED) is 0.335. The van der Waals surface area contributed by atoms with Crippen LogP contribution >= 0.6 is 0 Å². The van der Waals surface area contributed by atoms with Gasteiger partial charge >= 0.3 is 5.97 Å². The van der Waals surface area contributed by atoms with Crippen molar-refractivity contribution < 1.29 is 27.7 Å². The molecule has 0 radical (unpaired) electrons. The van der Waals surface area contributed by atoms with E-state index in [-0.39, 0.29) is 23.6 Å². The molecule has 1 aromatic rings. The fourth-order valence-electron chi connectivity index (χ4n) is 3.78. The SMILES string of the molecule is CCOC(=O)C1C(C)=NC(C)=C(C(=O)CS(=O)(=O)NC(C)C)C1c1cccc([N+](=O)[O-])c1. The lowest BCUT2D eigenvalue weighted by Gasteiger charge is -2.32. The summed E-state index contributed by atoms with van der Waals surface area (Å²) in [4.78, 5) is 41.1. The predicted octanol–water partition coefficient (Wildman–Crippen LogP) is 2.50. The van der Waals surface area contributed by atoms with Crippen molar-refractivity contribution >= 4 is 33.2 Å². The zero-order valence-corrected chi connectivity index (χ0v) is 19.4. The second-order valence-corrected chi connectivity index (χ2v) is 9.52. The van der Waals surface area contributed by atoms with Crippen LogP contribution in [0.25, 0.3) is 0 Å². The van der Waals surface area contributed by atoms with Crippen LogP contribution < -0.4 is 4.72 Å². The van der Waals surface area contributed by atoms with Crippen LogP contribution in [0.4, 0.5) is 5.69 Å². The first kappa shape index (κ1) is 25.3. The highest BCUT2D eigenvalue weighted by atomic mass is 32.2. The summed E-state index contributed by atoms with van der Waals surface area (Å²) in [5.41, 5.74) is 0.747. The Kier molecular flexibility index (Phi) is 8.02. The van der Waals surface area contributed by atoms with Gasteiger partial charge in [-0.1, -0.05) is 12.1 Å². The van der Waals surface area contributed by atoms with Crippen LogP contribution in [0, 0.1) is 16.0 Å². The molecule has 0 amide bonds. The van der Waals surface area contributed by atoms with Crippen LogP contribution in [-0.4, -0.2) is 49.2 Å². The normalized spacial score (nSPS) is 19.0. The number of aliphatic imine (C=N–C) groups is 1. The van der Waals surface area contributed by atoms with Crippen molar-refractivity contribution in [2.24, 2.45) is 10.9 Å². The summed E-state index contributed by atoms with van der Waals surface area (Å²) in [5, 5.41) is 11.3. The third-order valence-corrected chi connectivity index (χ3v) is 6.32. The third-order valence-electron chi connectivity index (χ3n) is 4.85. The van der Waals surface area contributed by atoms with E-state index in [0.717, 1.165) is 0 Å². The second kappa shape index (κ2) is 10.1. The lowest BCUT2D eigenvalue weighted by molar-refractivity contribution is -0.384. The number of sulfonamides is 1. The highest BCUT2D eigenvalue weighted by molar-refractivity contribution is 7.90. The minimum absolute atomic E-state index is 0.0169. The second-order valence-electron chi connectivity index (χ2n) is 7.77. The Labute approximate surface area is 187 Å². The molecule has 0 fully saturated rings. The molecule has 1 N–H and O–H groups in total. The average Bonchev–Trinajstić information content (AvgIpc) is 2.65. The first-order chi connectivity index (χ1) is 14.9. The number of nitro benzene ring substituents is 1. The van der Waals surface area contributed by atoms with E-state index < -0.39 is 50.3 Å². The molecule has 1 aliphatic rings. The number of hydrogen-bond donors (Lipinski definition) is 1. The number of ether oxygens (including phenoxy) is 1. The Morgan fingerprint density at radius 2 is 1.94 bits per heavy atom. The maximum absolute atomic E-state index is 13.2. The van der Waals surface area contributed by atoms with Crippen molar-refractivity contribution in [1.82, 2.24) is 4.72 Å². The van der Waals surface area contributed by atoms with Gasteiger partial charge in [-0.25, -0.2) is 13.1 Å². The first-order valence-electron chi connectivity index (χ1n) is 10.1. The molecule has 0 aromatic heterocycles. The topological polar surface area (TPSA) is 145 Å². The first-order valence-corrected chi connectivity index (χ1v) is 11.7. The molecular formula is C21H27N3O7S. The van der Waals surface area contributed by atoms with Gasteiger partial charge in [0.1, 0.15) is 11.7 Å². The smallest absolute Gasteiger partial charge is 0.315 e. The van der Waals surface area contributed by atoms with Gasteiger partial charge in [-0.3, -0.25) is 24.7 Å². The van der Waals surface area contributed by atoms with E-state index >= 15 is 0 Å². The highest BCUT2D eigenvalue weighted by Gasteiger charge is 2.42. The summed E-state index contributed by atoms with van der Waals surface area (Å²) in [6, 6.07) is 5.17. The van der Waals surface area contributed by atoms with Gasteiger partial charge in [0.05, 0.1) is 11.5 Å². The molecule has 1 heterocycles. The lowest BCUT2D eigenvalue weighted by atomic mass is 9.74. The molecule has 0 saturated carbocycles. The summed E-state index contributed by atoms with van der Waals surface area (Å²) >= 11 is 0. The van der Waals surface area contributed by atoms with Gasteiger partial charge in [0.25, 0.3) is 5.69 Å². The molecule has 2 unspecified atom stereocenters. The molecule has 0 saturated heterocycles. The predicted molar refractivity (Wildman–Crippen MR) is 119 cm³/mol. The zero-order chi connectivity index (χ0) is 24.2. The van der Waals surface area contributed by atoms with E-state index in [9.17, 15) is 28.1 Å². The Hall–Kier alpha value is -2.92. The van der Waals surface area contributed by atoms with Crippen LogP contribution in [-0.2, 0) is 24.3 Å². The Morgan fingerprint density at radius 3 is 2.50 bits per heavy atom. The van der Waals surface area contributed by atoms with Gasteiger partial charge < -0.3 is 4.74 Å². The summed E-state index contributed by atoms with van der Waals surface area (Å²) in [7, 11) is -3.95. The van der Waals surface area contributed by atoms with E-state index in [4.69, 9.17) is 4.74 Å². The number of nitrogens with zero attached hydrogens (tertiary/aromatic N) is 2. The molecule has 0 aliphatic carbocycles. The number of non-ortho nitro benzene ring substituents is 1. The molecule has 0 bridgehead atoms. The largest absolute Gasteiger partial charge is 0.465 e. The number of carbonyl (C=O) groups excluding carboxylic acids is 2. The van der Waals surface area contributed by atoms with Crippen molar-refractivity contribution in [3.8, 4) is 0 Å². The van der Waals surface area contributed by atoms with E-state index in [1.165, 1.54) is 18.2 Å². The minimum Gasteiger partial charge on any atom is -0.465 e. The van der Waals surface area contributed by atoms with Gasteiger partial charge in [0.2, 0.25) is 10.0 Å². The molecular weight excluding hydrogens is 438 g/mol. The Bertz CT molecular complexity index is 1090. The van der Waals surface area contributed by atoms with Crippen LogP contribution in [0.15, 0.2) is 40.5 Å². The molecule has 1 aliphatic heterocycles. The van der Waals surface area contributed by atoms with Crippen LogP contribution in [0.3, 0.4) is 0 Å². The summed E-state index contributed by atoms with van der Waals surface area (Å²) in [5.74, 6) is -4.23. The molecule has 11 heteroatoms. The number of rotatable bonds is 9. The minimum atomic E-state index is -3.95. The summed E-state index contributed by atoms with van der Waals surface area (Å²) < 4.78 is 32.3. The van der Waals surface area contributed by atoms with Crippen molar-refractivity contribution in [3.05, 3.63) is 51.2 Å². The lowest BCUT2D eigenvalue weighted by Crippen LogP contribution is -2.39. The van der Waals surface area contributed by atoms with Crippen LogP contribution in [0.1, 0.15) is 46.1 Å². The van der Waals surface area contributed by atoms with Gasteiger partial charge in [-0.2, -0.15) is 0 Å². The number of benzene rings is 1. The van der Waals surface area contributed by atoms with Gasteiger partial charge in [0, 0.05) is 41.1 Å². The van der Waals surface area contributed by atoms with Crippen LogP contribution in [0.5, 0.6) is 0 Å². The standard InChI is InChI=1S/C21H27N3O7S/c1-6-31-21(26)19-14(5)22-13(4)18(17(25)11-32(29,30)23-12(2)3)20(19)15-8-7-9-16(10-15)24(27)28/h7-10,12,19-20,23H,6,11H2,1-5H3. The summed E-state index contributed by atoms with van der Waals surface area (Å²) in [6.07, 6.45) is 0. The molecule has 32 heavy (non-hydrogen) atoms. The molecule has 2 rings (SSSR count). The number of carbonyl (C=O) groups is 2. The number of esters is 1. The zero-order valence-electron chi connectivity index (χ0n) is 18.6. The van der Waals surface area contributed by atoms with E-state index in [2.05, 4.69) is 9.71 Å². The van der Waals surface area contributed by atoms with E-state index in [1.807, 2.05) is 0 Å². The van der Waals surface area contributed by atoms with E-state index in [0.29, 0.717) is 11.3 Å². The molecule has 174 valence electrons. The maximum atomic E-state index is 13.2. The van der Waals surface area contributed by atoms with Gasteiger partial charge in [0.15, 0.2) is 5.78 Å². The number of nitro groups is 1. The number of nitrogens with one attached hydrogen (secondary N) is 1. The number of ketones is 1. The average molecular weight is 466 g/mol. The van der Waals surface area contributed by atoms with E-state index in [1.54, 1.807) is 40.7 Å². The van der Waals surface area contributed by atoms with Crippen LogP contribution in [0.2, 0.25) is 0 Å². The number of allylic oxidation sites excluding steroid dienone is 2. The fraction of sp³-hybridized carbons (Fsp3) is 0.476. The monoisotopic (exact) mass is 465 g/mol. The van der Waals surface area contributed by atoms with Crippen molar-refractivity contribution in [3.63, 3.8) is 0 Å². The van der Waals surface area contributed by atoms with Crippen molar-refractivity contribution in [2.45, 2.75) is 46.6 Å². The number of hydrogen-bond acceptors (Lipinski definition) is 8. The molecule has 10 nitrogen and oxygen atoms in total. The molecule has 0 spiro atoms. The van der Waals surface area contributed by atoms with Crippen molar-refractivity contribution in [2.75, 3.05) is 12.4 Å². The summed E-state index contributed by atoms with van der Waals surface area (Å²) in [6.45, 7) is 8.13. The Morgan fingerprint density at radius 1 is 1.28 bits per heavy atom. The number of Topliss-reactive ketones (excluding diaryl/α,β-unsaturated/α-hetero) is 1. The van der Waals surface area contributed by atoms with Crippen molar-refractivity contribution in [1.29, 1.82) is 0 Å². The highest BCUT2D eigenvalue weighted by Crippen LogP contribution is 2.41.